The fourth-order valence-corrected chi connectivity index (χ4v) is 6.51. The van der Waals surface area contributed by atoms with Gasteiger partial charge in [0.05, 0.1) is 12.5 Å². The van der Waals surface area contributed by atoms with Crippen LogP contribution >= 0.6 is 0 Å². The highest BCUT2D eigenvalue weighted by Crippen LogP contribution is 2.58. The molecule has 0 bridgehead atoms. The van der Waals surface area contributed by atoms with Crippen LogP contribution in [0.1, 0.15) is 41.7 Å². The molecule has 5 heteroatoms. The molecule has 3 nitrogen and oxygen atoms in total. The lowest BCUT2D eigenvalue weighted by atomic mass is 9.76. The highest BCUT2D eigenvalue weighted by atomic mass is 19.1. The van der Waals surface area contributed by atoms with E-state index < -0.39 is 22.7 Å². The van der Waals surface area contributed by atoms with Crippen LogP contribution in [0.15, 0.2) is 91.0 Å². The number of ether oxygens (including phenoxy) is 2. The molecule has 198 valence electrons. The molecule has 1 aliphatic heterocycles. The van der Waals surface area contributed by atoms with Gasteiger partial charge in [0.25, 0.3) is 0 Å². The van der Waals surface area contributed by atoms with E-state index in [1.807, 2.05) is 72.8 Å². The molecule has 2 aliphatic rings. The first-order valence-electron chi connectivity index (χ1n) is 13.2. The van der Waals surface area contributed by atoms with Gasteiger partial charge in [-0.25, -0.2) is 8.78 Å². The van der Waals surface area contributed by atoms with E-state index in [2.05, 4.69) is 13.8 Å². The Bertz CT molecular complexity index is 1860. The second kappa shape index (κ2) is 8.43. The van der Waals surface area contributed by atoms with Crippen molar-refractivity contribution < 1.29 is 23.4 Å². The molecule has 0 saturated heterocycles. The summed E-state index contributed by atoms with van der Waals surface area (Å²) >= 11 is 0. The number of rotatable bonds is 3. The van der Waals surface area contributed by atoms with Gasteiger partial charge in [0.2, 0.25) is 0 Å². The van der Waals surface area contributed by atoms with Gasteiger partial charge in [-0.15, -0.1) is 0 Å². The number of hydrogen-bond donors (Lipinski definition) is 1. The van der Waals surface area contributed by atoms with Crippen molar-refractivity contribution in [1.82, 2.24) is 0 Å². The number of aromatic hydroxyl groups is 1. The molecule has 40 heavy (non-hydrogen) atoms. The summed E-state index contributed by atoms with van der Waals surface area (Å²) in [5, 5.41) is 11.0. The lowest BCUT2D eigenvalue weighted by Gasteiger charge is -2.38. The molecule has 5 aromatic carbocycles. The van der Waals surface area contributed by atoms with Gasteiger partial charge in [0, 0.05) is 28.2 Å². The van der Waals surface area contributed by atoms with Crippen LogP contribution in [0, 0.1) is 11.6 Å². The maximum Gasteiger partial charge on any atom is 0.178 e. The van der Waals surface area contributed by atoms with Crippen molar-refractivity contribution >= 4 is 16.8 Å². The lowest BCUT2D eigenvalue weighted by molar-refractivity contribution is 0.163. The van der Waals surface area contributed by atoms with E-state index in [0.717, 1.165) is 45.0 Å². The summed E-state index contributed by atoms with van der Waals surface area (Å²) in [6.07, 6.45) is 4.02. The Morgan fingerprint density at radius 2 is 1.57 bits per heavy atom. The topological polar surface area (TPSA) is 38.7 Å². The molecular weight excluding hydrogens is 506 g/mol. The Hall–Kier alpha value is -4.64. The standard InChI is InChI=1S/C35H26F2O3/c1-34(2)28-19-23(38)11-14-25(28)30-27-17-22(36)18-29(37)31(27)33-26(32(30)34)15-16-35(40-33,20-7-5-4-6-8-20)21-9-12-24(39-3)13-10-21/h4-19,38H,1-3H3. The fraction of sp³-hybridized carbons (Fsp3) is 0.143. The first-order valence-corrected chi connectivity index (χ1v) is 13.2. The van der Waals surface area contributed by atoms with Crippen LogP contribution in [0.2, 0.25) is 0 Å². The number of benzene rings is 5. The zero-order chi connectivity index (χ0) is 27.8. The summed E-state index contributed by atoms with van der Waals surface area (Å²) in [5.74, 6) is -0.137. The first kappa shape index (κ1) is 24.4. The molecule has 0 amide bonds. The Balaban J connectivity index is 1.58. The van der Waals surface area contributed by atoms with Gasteiger partial charge in [-0.3, -0.25) is 0 Å². The minimum absolute atomic E-state index is 0.143. The van der Waals surface area contributed by atoms with Crippen LogP contribution in [-0.4, -0.2) is 12.2 Å². The lowest BCUT2D eigenvalue weighted by Crippen LogP contribution is -2.35. The number of phenolic OH excluding ortho intramolecular Hbond substituents is 1. The van der Waals surface area contributed by atoms with E-state index in [9.17, 15) is 9.50 Å². The van der Waals surface area contributed by atoms with E-state index in [1.54, 1.807) is 19.2 Å². The van der Waals surface area contributed by atoms with Crippen LogP contribution in [0.25, 0.3) is 28.0 Å². The third-order valence-electron chi connectivity index (χ3n) is 8.36. The van der Waals surface area contributed by atoms with E-state index in [-0.39, 0.29) is 11.1 Å². The molecule has 1 N–H and O–H groups in total. The van der Waals surface area contributed by atoms with Crippen LogP contribution in [0.5, 0.6) is 17.2 Å². The SMILES string of the molecule is COc1ccc(C2(c3ccccc3)C=Cc3c4c(c5cc(F)cc(F)c5c3O2)-c2ccc(O)cc2C4(C)C)cc1. The maximum atomic E-state index is 15.9. The highest BCUT2D eigenvalue weighted by molar-refractivity contribution is 6.08. The second-order valence-corrected chi connectivity index (χ2v) is 10.9. The minimum atomic E-state index is -1.07. The molecule has 0 aromatic heterocycles. The van der Waals surface area contributed by atoms with E-state index in [4.69, 9.17) is 9.47 Å². The van der Waals surface area contributed by atoms with Gasteiger partial charge in [-0.1, -0.05) is 68.5 Å². The van der Waals surface area contributed by atoms with Crippen LogP contribution in [0.4, 0.5) is 8.78 Å². The van der Waals surface area contributed by atoms with Crippen LogP contribution in [0.3, 0.4) is 0 Å². The van der Waals surface area contributed by atoms with Crippen molar-refractivity contribution in [1.29, 1.82) is 0 Å². The number of halogens is 2. The Labute approximate surface area is 230 Å². The summed E-state index contributed by atoms with van der Waals surface area (Å²) in [6, 6.07) is 24.9. The van der Waals surface area contributed by atoms with Crippen molar-refractivity contribution in [2.24, 2.45) is 0 Å². The molecule has 0 saturated carbocycles. The zero-order valence-corrected chi connectivity index (χ0v) is 22.3. The summed E-state index contributed by atoms with van der Waals surface area (Å²) < 4.78 is 43.1. The average molecular weight is 533 g/mol. The molecule has 1 atom stereocenters. The largest absolute Gasteiger partial charge is 0.508 e. The molecule has 7 rings (SSSR count). The number of fused-ring (bicyclic) bond motifs is 8. The summed E-state index contributed by atoms with van der Waals surface area (Å²) in [4.78, 5) is 0. The quantitative estimate of drug-likeness (QED) is 0.253. The highest BCUT2D eigenvalue weighted by Gasteiger charge is 2.45. The fourth-order valence-electron chi connectivity index (χ4n) is 6.51. The number of phenols is 1. The zero-order valence-electron chi connectivity index (χ0n) is 22.3. The van der Waals surface area contributed by atoms with Crippen molar-refractivity contribution in [3.8, 4) is 28.4 Å². The second-order valence-electron chi connectivity index (χ2n) is 10.9. The van der Waals surface area contributed by atoms with E-state index in [0.29, 0.717) is 16.9 Å². The van der Waals surface area contributed by atoms with Gasteiger partial charge in [-0.05, 0) is 64.0 Å². The third kappa shape index (κ3) is 3.27. The van der Waals surface area contributed by atoms with Crippen LogP contribution in [-0.2, 0) is 11.0 Å². The molecule has 0 fully saturated rings. The molecule has 1 unspecified atom stereocenters. The third-order valence-corrected chi connectivity index (χ3v) is 8.36. The Morgan fingerprint density at radius 3 is 2.30 bits per heavy atom. The predicted octanol–water partition coefficient (Wildman–Crippen LogP) is 8.49. The number of hydrogen-bond acceptors (Lipinski definition) is 3. The Kier molecular flexibility index (Phi) is 5.14. The van der Waals surface area contributed by atoms with Crippen molar-refractivity contribution in [2.45, 2.75) is 24.9 Å². The smallest absolute Gasteiger partial charge is 0.178 e. The molecule has 5 aromatic rings. The number of methoxy groups -OCH3 is 1. The van der Waals surface area contributed by atoms with E-state index >= 15 is 4.39 Å². The minimum Gasteiger partial charge on any atom is -0.508 e. The monoisotopic (exact) mass is 532 g/mol. The van der Waals surface area contributed by atoms with Gasteiger partial charge in [-0.2, -0.15) is 0 Å². The first-order chi connectivity index (χ1) is 19.2. The van der Waals surface area contributed by atoms with Gasteiger partial charge >= 0.3 is 0 Å². The Morgan fingerprint density at radius 1 is 0.850 bits per heavy atom. The molecular formula is C35H26F2O3. The van der Waals surface area contributed by atoms with E-state index in [1.165, 1.54) is 6.07 Å². The van der Waals surface area contributed by atoms with Crippen molar-refractivity contribution in [3.05, 3.63) is 130 Å². The van der Waals surface area contributed by atoms with Gasteiger partial charge in [0.15, 0.2) is 5.60 Å². The molecule has 1 aliphatic carbocycles. The van der Waals surface area contributed by atoms with Crippen molar-refractivity contribution in [3.63, 3.8) is 0 Å². The van der Waals surface area contributed by atoms with Crippen LogP contribution < -0.4 is 9.47 Å². The molecule has 0 spiro atoms. The maximum absolute atomic E-state index is 15.9. The van der Waals surface area contributed by atoms with Gasteiger partial charge < -0.3 is 14.6 Å². The van der Waals surface area contributed by atoms with Crippen molar-refractivity contribution in [2.75, 3.05) is 7.11 Å². The molecule has 1 heterocycles. The summed E-state index contributed by atoms with van der Waals surface area (Å²) in [7, 11) is 1.61. The normalized spacial score (nSPS) is 18.1. The summed E-state index contributed by atoms with van der Waals surface area (Å²) in [5.41, 5.74) is 4.22. The summed E-state index contributed by atoms with van der Waals surface area (Å²) in [6.45, 7) is 4.13. The predicted molar refractivity (Wildman–Crippen MR) is 153 cm³/mol. The average Bonchev–Trinajstić information content (AvgIpc) is 3.19. The van der Waals surface area contributed by atoms with Gasteiger partial charge in [0.1, 0.15) is 28.9 Å². The molecule has 0 radical (unpaired) electrons.